The predicted molar refractivity (Wildman–Crippen MR) is 93.9 cm³/mol. The van der Waals surface area contributed by atoms with Gasteiger partial charge in [-0.05, 0) is 37.8 Å². The van der Waals surface area contributed by atoms with E-state index >= 15 is 0 Å². The van der Waals surface area contributed by atoms with Crippen molar-refractivity contribution in [2.24, 2.45) is 0 Å². The quantitative estimate of drug-likeness (QED) is 0.871. The van der Waals surface area contributed by atoms with Crippen LogP contribution >= 0.6 is 0 Å². The SMILES string of the molecule is CCOCc1ccc(CNC(=O)N2CCC[C@@H]2c2cc(C)no2)cc1. The zero-order valence-corrected chi connectivity index (χ0v) is 14.8. The molecular weight excluding hydrogens is 318 g/mol. The molecule has 1 saturated heterocycles. The fourth-order valence-electron chi connectivity index (χ4n) is 3.10. The van der Waals surface area contributed by atoms with Crippen molar-refractivity contribution in [3.8, 4) is 0 Å². The number of rotatable bonds is 6. The number of hydrogen-bond donors (Lipinski definition) is 1. The van der Waals surface area contributed by atoms with Gasteiger partial charge in [-0.1, -0.05) is 29.4 Å². The minimum absolute atomic E-state index is 0.0187. The number of aryl methyl sites for hydroxylation is 1. The van der Waals surface area contributed by atoms with Gasteiger partial charge in [0.05, 0.1) is 18.3 Å². The number of carbonyl (C=O) groups is 1. The van der Waals surface area contributed by atoms with Crippen molar-refractivity contribution in [3.63, 3.8) is 0 Å². The summed E-state index contributed by atoms with van der Waals surface area (Å²) in [6.45, 7) is 6.45. The summed E-state index contributed by atoms with van der Waals surface area (Å²) in [4.78, 5) is 14.4. The topological polar surface area (TPSA) is 67.6 Å². The van der Waals surface area contributed by atoms with Crippen LogP contribution in [0.2, 0.25) is 0 Å². The molecule has 25 heavy (non-hydrogen) atoms. The van der Waals surface area contributed by atoms with Crippen LogP contribution in [-0.2, 0) is 17.9 Å². The van der Waals surface area contributed by atoms with Gasteiger partial charge in [0.25, 0.3) is 0 Å². The summed E-state index contributed by atoms with van der Waals surface area (Å²) in [7, 11) is 0. The lowest BCUT2D eigenvalue weighted by Crippen LogP contribution is -2.39. The van der Waals surface area contributed by atoms with E-state index in [9.17, 15) is 4.79 Å². The molecule has 0 spiro atoms. The molecule has 1 atom stereocenters. The van der Waals surface area contributed by atoms with Crippen molar-refractivity contribution < 1.29 is 14.1 Å². The number of nitrogens with one attached hydrogen (secondary N) is 1. The molecule has 0 radical (unpaired) electrons. The molecular formula is C19H25N3O3. The highest BCUT2D eigenvalue weighted by molar-refractivity contribution is 5.75. The minimum Gasteiger partial charge on any atom is -0.377 e. The van der Waals surface area contributed by atoms with E-state index in [1.807, 2.05) is 49.1 Å². The second-order valence-corrected chi connectivity index (χ2v) is 6.33. The number of benzene rings is 1. The third-order valence-electron chi connectivity index (χ3n) is 4.43. The molecule has 1 aromatic carbocycles. The van der Waals surface area contributed by atoms with Crippen molar-refractivity contribution in [2.45, 2.75) is 45.9 Å². The highest BCUT2D eigenvalue weighted by atomic mass is 16.5. The fraction of sp³-hybridized carbons (Fsp3) is 0.474. The Balaban J connectivity index is 1.55. The Bertz CT molecular complexity index is 696. The third-order valence-corrected chi connectivity index (χ3v) is 4.43. The normalized spacial score (nSPS) is 17.0. The van der Waals surface area contributed by atoms with Crippen LogP contribution < -0.4 is 5.32 Å². The fourth-order valence-corrected chi connectivity index (χ4v) is 3.10. The maximum absolute atomic E-state index is 12.6. The van der Waals surface area contributed by atoms with E-state index in [4.69, 9.17) is 9.26 Å². The van der Waals surface area contributed by atoms with Gasteiger partial charge in [0.15, 0.2) is 5.76 Å². The van der Waals surface area contributed by atoms with Gasteiger partial charge >= 0.3 is 6.03 Å². The van der Waals surface area contributed by atoms with Gasteiger partial charge in [-0.2, -0.15) is 0 Å². The van der Waals surface area contributed by atoms with Crippen molar-refractivity contribution in [3.05, 3.63) is 52.9 Å². The summed E-state index contributed by atoms with van der Waals surface area (Å²) in [5, 5.41) is 6.94. The Morgan fingerprint density at radius 3 is 2.80 bits per heavy atom. The molecule has 1 aliphatic rings. The average molecular weight is 343 g/mol. The van der Waals surface area contributed by atoms with Crippen LogP contribution in [-0.4, -0.2) is 29.2 Å². The average Bonchev–Trinajstić information content (AvgIpc) is 3.27. The smallest absolute Gasteiger partial charge is 0.318 e. The zero-order valence-electron chi connectivity index (χ0n) is 14.8. The highest BCUT2D eigenvalue weighted by Crippen LogP contribution is 2.32. The van der Waals surface area contributed by atoms with Gasteiger partial charge in [0.1, 0.15) is 0 Å². The Morgan fingerprint density at radius 1 is 1.36 bits per heavy atom. The highest BCUT2D eigenvalue weighted by Gasteiger charge is 2.32. The van der Waals surface area contributed by atoms with E-state index in [2.05, 4.69) is 10.5 Å². The van der Waals surface area contributed by atoms with Crippen LogP contribution in [0, 0.1) is 6.92 Å². The van der Waals surface area contributed by atoms with E-state index in [0.29, 0.717) is 19.8 Å². The van der Waals surface area contributed by atoms with Gasteiger partial charge in [-0.25, -0.2) is 4.79 Å². The molecule has 2 amide bonds. The maximum atomic E-state index is 12.6. The van der Waals surface area contributed by atoms with Gasteiger partial charge in [0, 0.05) is 25.8 Å². The van der Waals surface area contributed by atoms with Gasteiger partial charge in [-0.15, -0.1) is 0 Å². The molecule has 0 saturated carbocycles. The molecule has 2 aromatic rings. The molecule has 1 aromatic heterocycles. The van der Waals surface area contributed by atoms with E-state index in [-0.39, 0.29) is 12.1 Å². The van der Waals surface area contributed by atoms with Crippen molar-refractivity contribution in [1.29, 1.82) is 0 Å². The van der Waals surface area contributed by atoms with Crippen LogP contribution in [0.25, 0.3) is 0 Å². The molecule has 6 heteroatoms. The first-order valence-electron chi connectivity index (χ1n) is 8.80. The summed E-state index contributed by atoms with van der Waals surface area (Å²) in [6.07, 6.45) is 1.89. The zero-order chi connectivity index (χ0) is 17.6. The largest absolute Gasteiger partial charge is 0.377 e. The lowest BCUT2D eigenvalue weighted by molar-refractivity contribution is 0.134. The first-order valence-corrected chi connectivity index (χ1v) is 8.80. The molecule has 1 aliphatic heterocycles. The summed E-state index contributed by atoms with van der Waals surface area (Å²) >= 11 is 0. The molecule has 0 unspecified atom stereocenters. The monoisotopic (exact) mass is 343 g/mol. The van der Waals surface area contributed by atoms with Crippen LogP contribution in [0.3, 0.4) is 0 Å². The standard InChI is InChI=1S/C19H25N3O3/c1-3-24-13-16-8-6-15(7-9-16)12-20-19(23)22-10-4-5-17(22)18-11-14(2)21-25-18/h6-9,11,17H,3-5,10,12-13H2,1-2H3,(H,20,23)/t17-/m1/s1. The molecule has 3 rings (SSSR count). The van der Waals surface area contributed by atoms with Crippen LogP contribution in [0.1, 0.15) is 48.4 Å². The molecule has 6 nitrogen and oxygen atoms in total. The van der Waals surface area contributed by atoms with Crippen LogP contribution in [0.4, 0.5) is 4.79 Å². The number of nitrogens with zero attached hydrogens (tertiary/aromatic N) is 2. The minimum atomic E-state index is -0.0602. The van der Waals surface area contributed by atoms with E-state index in [1.165, 1.54) is 0 Å². The van der Waals surface area contributed by atoms with Crippen molar-refractivity contribution in [2.75, 3.05) is 13.2 Å². The first-order chi connectivity index (χ1) is 12.2. The Kier molecular flexibility index (Phi) is 5.71. The van der Waals surface area contributed by atoms with Crippen molar-refractivity contribution in [1.82, 2.24) is 15.4 Å². The second kappa shape index (κ2) is 8.16. The molecule has 134 valence electrons. The predicted octanol–water partition coefficient (Wildman–Crippen LogP) is 3.57. The maximum Gasteiger partial charge on any atom is 0.318 e. The van der Waals surface area contributed by atoms with Crippen molar-refractivity contribution >= 4 is 6.03 Å². The lowest BCUT2D eigenvalue weighted by atomic mass is 10.1. The number of hydrogen-bond acceptors (Lipinski definition) is 4. The number of likely N-dealkylation sites (tertiary alicyclic amines) is 1. The summed E-state index contributed by atoms with van der Waals surface area (Å²) in [6, 6.07) is 9.95. The Morgan fingerprint density at radius 2 is 2.12 bits per heavy atom. The second-order valence-electron chi connectivity index (χ2n) is 6.33. The molecule has 1 N–H and O–H groups in total. The number of urea groups is 1. The number of ether oxygens (including phenoxy) is 1. The number of carbonyl (C=O) groups excluding carboxylic acids is 1. The van der Waals surface area contributed by atoms with E-state index in [0.717, 1.165) is 42.0 Å². The van der Waals surface area contributed by atoms with E-state index < -0.39 is 0 Å². The van der Waals surface area contributed by atoms with Gasteiger partial charge in [-0.3, -0.25) is 0 Å². The first kappa shape index (κ1) is 17.5. The van der Waals surface area contributed by atoms with E-state index in [1.54, 1.807) is 0 Å². The molecule has 1 fully saturated rings. The van der Waals surface area contributed by atoms with Gasteiger partial charge in [0.2, 0.25) is 0 Å². The Hall–Kier alpha value is -2.34. The number of aromatic nitrogens is 1. The lowest BCUT2D eigenvalue weighted by Gasteiger charge is -2.23. The third kappa shape index (κ3) is 4.39. The van der Waals surface area contributed by atoms with Gasteiger partial charge < -0.3 is 19.5 Å². The number of amides is 2. The molecule has 0 aliphatic carbocycles. The van der Waals surface area contributed by atoms with Crippen LogP contribution in [0.5, 0.6) is 0 Å². The summed E-state index contributed by atoms with van der Waals surface area (Å²) < 4.78 is 10.7. The summed E-state index contributed by atoms with van der Waals surface area (Å²) in [5.41, 5.74) is 3.05. The summed E-state index contributed by atoms with van der Waals surface area (Å²) in [5.74, 6) is 0.769. The van der Waals surface area contributed by atoms with Crippen LogP contribution in [0.15, 0.2) is 34.9 Å². The molecule has 0 bridgehead atoms. The molecule has 2 heterocycles. The Labute approximate surface area is 148 Å².